The molecule has 0 radical (unpaired) electrons. The molecule has 4 heteroatoms. The van der Waals surface area contributed by atoms with E-state index in [1.807, 2.05) is 6.92 Å². The quantitative estimate of drug-likeness (QED) is 0.746. The van der Waals surface area contributed by atoms with E-state index in [4.69, 9.17) is 0 Å². The monoisotopic (exact) mass is 236 g/mol. The van der Waals surface area contributed by atoms with Crippen LogP contribution in [0.3, 0.4) is 0 Å². The molecule has 2 rings (SSSR count). The Labute approximate surface area is 102 Å². The standard InChI is InChI=1S/C13H20N2O2/c1-2-11-13(17)14-9-12(16)15(11)8-7-10-5-3-4-6-10/h5,11H,2-4,6-9H2,1H3,(H,14,17). The van der Waals surface area contributed by atoms with Crippen molar-refractivity contribution >= 4 is 11.8 Å². The third-order valence-corrected chi connectivity index (χ3v) is 3.61. The van der Waals surface area contributed by atoms with Crippen LogP contribution in [0.2, 0.25) is 0 Å². The van der Waals surface area contributed by atoms with Crippen molar-refractivity contribution in [1.82, 2.24) is 10.2 Å². The van der Waals surface area contributed by atoms with Crippen LogP contribution in [0.15, 0.2) is 11.6 Å². The largest absolute Gasteiger partial charge is 0.345 e. The smallest absolute Gasteiger partial charge is 0.243 e. The zero-order valence-corrected chi connectivity index (χ0v) is 10.4. The average Bonchev–Trinajstić information content (AvgIpc) is 2.83. The Morgan fingerprint density at radius 1 is 1.47 bits per heavy atom. The predicted octanol–water partition coefficient (Wildman–Crippen LogP) is 1.22. The van der Waals surface area contributed by atoms with E-state index in [0.717, 1.165) is 12.8 Å². The Morgan fingerprint density at radius 3 is 2.94 bits per heavy atom. The van der Waals surface area contributed by atoms with Crippen LogP contribution in [0, 0.1) is 0 Å². The second kappa shape index (κ2) is 5.34. The van der Waals surface area contributed by atoms with Gasteiger partial charge >= 0.3 is 0 Å². The van der Waals surface area contributed by atoms with Crippen molar-refractivity contribution < 1.29 is 9.59 Å². The zero-order valence-electron chi connectivity index (χ0n) is 10.4. The van der Waals surface area contributed by atoms with Crippen molar-refractivity contribution in [3.63, 3.8) is 0 Å². The molecule has 17 heavy (non-hydrogen) atoms. The number of carbonyl (C=O) groups excluding carboxylic acids is 2. The van der Waals surface area contributed by atoms with Gasteiger partial charge in [-0.15, -0.1) is 0 Å². The average molecular weight is 236 g/mol. The minimum atomic E-state index is -0.266. The molecule has 0 spiro atoms. The van der Waals surface area contributed by atoms with Crippen molar-refractivity contribution in [3.05, 3.63) is 11.6 Å². The van der Waals surface area contributed by atoms with Gasteiger partial charge in [0.15, 0.2) is 0 Å². The van der Waals surface area contributed by atoms with E-state index in [1.165, 1.54) is 18.4 Å². The van der Waals surface area contributed by atoms with Gasteiger partial charge in [-0.2, -0.15) is 0 Å². The van der Waals surface area contributed by atoms with E-state index in [9.17, 15) is 9.59 Å². The lowest BCUT2D eigenvalue weighted by molar-refractivity contribution is -0.145. The summed E-state index contributed by atoms with van der Waals surface area (Å²) in [5, 5.41) is 2.65. The summed E-state index contributed by atoms with van der Waals surface area (Å²) in [5.41, 5.74) is 1.44. The Bertz CT molecular complexity index is 349. The van der Waals surface area contributed by atoms with Crippen molar-refractivity contribution in [2.24, 2.45) is 0 Å². The molecule has 2 aliphatic rings. The molecule has 2 amide bonds. The molecule has 0 aromatic carbocycles. The summed E-state index contributed by atoms with van der Waals surface area (Å²) in [4.78, 5) is 25.2. The van der Waals surface area contributed by atoms with Gasteiger partial charge in [-0.3, -0.25) is 9.59 Å². The fraction of sp³-hybridized carbons (Fsp3) is 0.692. The second-order valence-corrected chi connectivity index (χ2v) is 4.73. The van der Waals surface area contributed by atoms with Crippen molar-refractivity contribution in [1.29, 1.82) is 0 Å². The molecule has 1 fully saturated rings. The summed E-state index contributed by atoms with van der Waals surface area (Å²) < 4.78 is 0. The molecule has 1 unspecified atom stereocenters. The van der Waals surface area contributed by atoms with Gasteiger partial charge in [0.25, 0.3) is 0 Å². The number of hydrogen-bond donors (Lipinski definition) is 1. The molecule has 0 bridgehead atoms. The number of piperazine rings is 1. The van der Waals surface area contributed by atoms with Crippen molar-refractivity contribution in [2.45, 2.75) is 45.1 Å². The summed E-state index contributed by atoms with van der Waals surface area (Å²) in [6.45, 7) is 2.80. The third-order valence-electron chi connectivity index (χ3n) is 3.61. The minimum Gasteiger partial charge on any atom is -0.345 e. The summed E-state index contributed by atoms with van der Waals surface area (Å²) in [7, 11) is 0. The number of nitrogens with zero attached hydrogens (tertiary/aromatic N) is 1. The molecule has 94 valence electrons. The van der Waals surface area contributed by atoms with E-state index >= 15 is 0 Å². The zero-order chi connectivity index (χ0) is 12.3. The first kappa shape index (κ1) is 12.1. The normalized spacial score (nSPS) is 24.9. The van der Waals surface area contributed by atoms with Crippen molar-refractivity contribution in [3.8, 4) is 0 Å². The topological polar surface area (TPSA) is 49.4 Å². The molecular formula is C13H20N2O2. The fourth-order valence-corrected chi connectivity index (χ4v) is 2.61. The van der Waals surface area contributed by atoms with Gasteiger partial charge in [-0.1, -0.05) is 18.6 Å². The minimum absolute atomic E-state index is 0.00694. The van der Waals surface area contributed by atoms with E-state index in [0.29, 0.717) is 13.0 Å². The highest BCUT2D eigenvalue weighted by molar-refractivity contribution is 5.94. The van der Waals surface area contributed by atoms with Gasteiger partial charge in [0.1, 0.15) is 6.04 Å². The number of amides is 2. The molecular weight excluding hydrogens is 216 g/mol. The van der Waals surface area contributed by atoms with Crippen LogP contribution < -0.4 is 5.32 Å². The fourth-order valence-electron chi connectivity index (χ4n) is 2.61. The molecule has 0 aromatic rings. The molecule has 1 atom stereocenters. The summed E-state index contributed by atoms with van der Waals surface area (Å²) in [6, 6.07) is -0.266. The lowest BCUT2D eigenvalue weighted by atomic mass is 10.1. The van der Waals surface area contributed by atoms with E-state index < -0.39 is 0 Å². The number of carbonyl (C=O) groups is 2. The van der Waals surface area contributed by atoms with Crippen LogP contribution in [-0.2, 0) is 9.59 Å². The van der Waals surface area contributed by atoms with Gasteiger partial charge in [-0.05, 0) is 32.1 Å². The van der Waals surface area contributed by atoms with Gasteiger partial charge in [0.2, 0.25) is 11.8 Å². The SMILES string of the molecule is CCC1C(=O)NCC(=O)N1CCC1=CCCC1. The van der Waals surface area contributed by atoms with Gasteiger partial charge in [0.05, 0.1) is 6.54 Å². The highest BCUT2D eigenvalue weighted by Gasteiger charge is 2.32. The lowest BCUT2D eigenvalue weighted by Gasteiger charge is -2.34. The van der Waals surface area contributed by atoms with Gasteiger partial charge in [0, 0.05) is 6.54 Å². The van der Waals surface area contributed by atoms with Crippen molar-refractivity contribution in [2.75, 3.05) is 13.1 Å². The van der Waals surface area contributed by atoms with Crippen LogP contribution in [-0.4, -0.2) is 35.8 Å². The van der Waals surface area contributed by atoms with Crippen LogP contribution >= 0.6 is 0 Å². The van der Waals surface area contributed by atoms with Crippen LogP contribution in [0.5, 0.6) is 0 Å². The first-order valence-electron chi connectivity index (χ1n) is 6.47. The number of hydrogen-bond acceptors (Lipinski definition) is 2. The van der Waals surface area contributed by atoms with E-state index in [1.54, 1.807) is 4.90 Å². The molecule has 1 saturated heterocycles. The molecule has 1 heterocycles. The molecule has 0 saturated carbocycles. The highest BCUT2D eigenvalue weighted by Crippen LogP contribution is 2.22. The predicted molar refractivity (Wildman–Crippen MR) is 65.4 cm³/mol. The Morgan fingerprint density at radius 2 is 2.29 bits per heavy atom. The summed E-state index contributed by atoms with van der Waals surface area (Å²) in [5.74, 6) is 0.0440. The van der Waals surface area contributed by atoms with E-state index in [2.05, 4.69) is 11.4 Å². The molecule has 1 N–H and O–H groups in total. The summed E-state index contributed by atoms with van der Waals surface area (Å²) >= 11 is 0. The Hall–Kier alpha value is -1.32. The third kappa shape index (κ3) is 2.68. The lowest BCUT2D eigenvalue weighted by Crippen LogP contribution is -2.58. The number of allylic oxidation sites excluding steroid dienone is 1. The number of nitrogens with one attached hydrogen (secondary N) is 1. The maximum atomic E-state index is 11.8. The first-order valence-corrected chi connectivity index (χ1v) is 6.47. The maximum absolute atomic E-state index is 11.8. The second-order valence-electron chi connectivity index (χ2n) is 4.73. The first-order chi connectivity index (χ1) is 8.22. The molecule has 1 aliphatic heterocycles. The van der Waals surface area contributed by atoms with Gasteiger partial charge < -0.3 is 10.2 Å². The highest BCUT2D eigenvalue weighted by atomic mass is 16.2. The number of rotatable bonds is 4. The van der Waals surface area contributed by atoms with Crippen LogP contribution in [0.25, 0.3) is 0 Å². The van der Waals surface area contributed by atoms with Crippen LogP contribution in [0.1, 0.15) is 39.0 Å². The van der Waals surface area contributed by atoms with Crippen LogP contribution in [0.4, 0.5) is 0 Å². The summed E-state index contributed by atoms with van der Waals surface area (Å²) in [6.07, 6.45) is 7.45. The molecule has 0 aromatic heterocycles. The Balaban J connectivity index is 1.95. The maximum Gasteiger partial charge on any atom is 0.243 e. The molecule has 1 aliphatic carbocycles. The van der Waals surface area contributed by atoms with E-state index in [-0.39, 0.29) is 24.4 Å². The molecule has 4 nitrogen and oxygen atoms in total. The Kier molecular flexibility index (Phi) is 3.82. The van der Waals surface area contributed by atoms with Gasteiger partial charge in [-0.25, -0.2) is 0 Å².